The van der Waals surface area contributed by atoms with E-state index in [-0.39, 0.29) is 17.7 Å². The molecule has 2 rings (SSSR count). The zero-order valence-corrected chi connectivity index (χ0v) is 13.9. The van der Waals surface area contributed by atoms with E-state index in [0.717, 1.165) is 17.3 Å². The summed E-state index contributed by atoms with van der Waals surface area (Å²) >= 11 is 3.33. The number of hydrogen-bond acceptors (Lipinski definition) is 3. The average molecular weight is 354 g/mol. The number of rotatable bonds is 5. The third kappa shape index (κ3) is 4.30. The maximum Gasteiger partial charge on any atom is 0.260 e. The van der Waals surface area contributed by atoms with Gasteiger partial charge in [-0.3, -0.25) is 9.59 Å². The van der Waals surface area contributed by atoms with Gasteiger partial charge >= 0.3 is 0 Å². The van der Waals surface area contributed by atoms with Gasteiger partial charge in [-0.1, -0.05) is 28.8 Å². The van der Waals surface area contributed by atoms with Gasteiger partial charge in [-0.15, -0.1) is 0 Å². The second-order valence-electron chi connectivity index (χ2n) is 5.45. The van der Waals surface area contributed by atoms with E-state index in [0.29, 0.717) is 11.3 Å². The van der Waals surface area contributed by atoms with Crippen LogP contribution in [0.25, 0.3) is 0 Å². The normalized spacial score (nSPS) is 16.5. The third-order valence-electron chi connectivity index (χ3n) is 3.70. The van der Waals surface area contributed by atoms with Crippen molar-refractivity contribution < 1.29 is 14.3 Å². The summed E-state index contributed by atoms with van der Waals surface area (Å²) in [5.41, 5.74) is 0.477. The Balaban J connectivity index is 2.03. The molecule has 1 saturated carbocycles. The smallest absolute Gasteiger partial charge is 0.260 e. The molecule has 0 spiro atoms. The van der Waals surface area contributed by atoms with Gasteiger partial charge in [0.1, 0.15) is 5.75 Å². The summed E-state index contributed by atoms with van der Waals surface area (Å²) in [5.74, 6) is 0.230. The minimum Gasteiger partial charge on any atom is -0.480 e. The lowest BCUT2D eigenvalue weighted by atomic mass is 10.1. The fourth-order valence-electron chi connectivity index (χ4n) is 2.51. The Kier molecular flexibility index (Phi) is 5.39. The Morgan fingerprint density at radius 1 is 1.33 bits per heavy atom. The van der Waals surface area contributed by atoms with Crippen LogP contribution in [-0.2, 0) is 4.79 Å². The summed E-state index contributed by atoms with van der Waals surface area (Å²) in [5, 5.41) is 3.00. The molecular formula is C16H20BrNO3. The predicted molar refractivity (Wildman–Crippen MR) is 84.6 cm³/mol. The van der Waals surface area contributed by atoms with Crippen LogP contribution in [0.5, 0.6) is 5.75 Å². The molecule has 1 fully saturated rings. The van der Waals surface area contributed by atoms with Gasteiger partial charge in [0.05, 0.1) is 5.56 Å². The van der Waals surface area contributed by atoms with E-state index < -0.39 is 6.10 Å². The number of ketones is 1. The van der Waals surface area contributed by atoms with E-state index in [9.17, 15) is 9.59 Å². The van der Waals surface area contributed by atoms with E-state index in [4.69, 9.17) is 4.74 Å². The van der Waals surface area contributed by atoms with Crippen LogP contribution in [-0.4, -0.2) is 23.8 Å². The molecule has 0 heterocycles. The SMILES string of the molecule is CC(=O)c1cc(Br)ccc1OC(C)C(=O)NC1CCCC1. The molecule has 5 heteroatoms. The molecule has 1 atom stereocenters. The minimum atomic E-state index is -0.620. The first-order valence-electron chi connectivity index (χ1n) is 7.25. The summed E-state index contributed by atoms with van der Waals surface area (Å²) in [6.45, 7) is 3.19. The highest BCUT2D eigenvalue weighted by Crippen LogP contribution is 2.25. The Hall–Kier alpha value is -1.36. The van der Waals surface area contributed by atoms with Crippen LogP contribution in [0.1, 0.15) is 49.9 Å². The lowest BCUT2D eigenvalue weighted by Crippen LogP contribution is -2.41. The first kappa shape index (κ1) is 16.0. The summed E-state index contributed by atoms with van der Waals surface area (Å²) in [6.07, 6.45) is 3.79. The van der Waals surface area contributed by atoms with Crippen LogP contribution in [0.15, 0.2) is 22.7 Å². The molecule has 4 nitrogen and oxygen atoms in total. The molecule has 1 aromatic carbocycles. The molecular weight excluding hydrogens is 334 g/mol. The Bertz CT molecular complexity index is 538. The van der Waals surface area contributed by atoms with Gasteiger partial charge in [-0.25, -0.2) is 0 Å². The summed E-state index contributed by atoms with van der Waals surface area (Å²) in [4.78, 5) is 23.8. The van der Waals surface area contributed by atoms with Gasteiger partial charge in [-0.05, 0) is 44.9 Å². The van der Waals surface area contributed by atoms with Crippen LogP contribution >= 0.6 is 15.9 Å². The van der Waals surface area contributed by atoms with E-state index in [1.165, 1.54) is 19.8 Å². The Labute approximate surface area is 133 Å². The molecule has 114 valence electrons. The molecule has 1 aromatic rings. The summed E-state index contributed by atoms with van der Waals surface area (Å²) in [7, 11) is 0. The van der Waals surface area contributed by atoms with Crippen LogP contribution in [0, 0.1) is 0 Å². The monoisotopic (exact) mass is 353 g/mol. The number of halogens is 1. The maximum atomic E-state index is 12.1. The highest BCUT2D eigenvalue weighted by atomic mass is 79.9. The second kappa shape index (κ2) is 7.07. The molecule has 1 unspecified atom stereocenters. The number of carbonyl (C=O) groups excluding carboxylic acids is 2. The van der Waals surface area contributed by atoms with Gasteiger partial charge in [0.25, 0.3) is 5.91 Å². The number of hydrogen-bond donors (Lipinski definition) is 1. The van der Waals surface area contributed by atoms with Crippen molar-refractivity contribution in [3.05, 3.63) is 28.2 Å². The standard InChI is InChI=1S/C16H20BrNO3/c1-10(19)14-9-12(17)7-8-15(14)21-11(2)16(20)18-13-5-3-4-6-13/h7-9,11,13H,3-6H2,1-2H3,(H,18,20). The van der Waals surface area contributed by atoms with Crippen LogP contribution in [0.4, 0.5) is 0 Å². The van der Waals surface area contributed by atoms with Crippen molar-refractivity contribution in [2.75, 3.05) is 0 Å². The molecule has 0 aliphatic heterocycles. The van der Waals surface area contributed by atoms with Crippen molar-refractivity contribution >= 4 is 27.6 Å². The van der Waals surface area contributed by atoms with Gasteiger partial charge in [0.2, 0.25) is 0 Å². The van der Waals surface area contributed by atoms with Crippen molar-refractivity contribution in [2.45, 2.75) is 51.7 Å². The van der Waals surface area contributed by atoms with Crippen LogP contribution in [0.3, 0.4) is 0 Å². The zero-order valence-electron chi connectivity index (χ0n) is 12.3. The molecule has 1 aliphatic rings. The lowest BCUT2D eigenvalue weighted by Gasteiger charge is -2.19. The van der Waals surface area contributed by atoms with Crippen molar-refractivity contribution in [3.63, 3.8) is 0 Å². The van der Waals surface area contributed by atoms with E-state index in [1.54, 1.807) is 25.1 Å². The molecule has 1 aliphatic carbocycles. The Morgan fingerprint density at radius 2 is 2.00 bits per heavy atom. The number of carbonyl (C=O) groups is 2. The molecule has 1 amide bonds. The maximum absolute atomic E-state index is 12.1. The number of amides is 1. The second-order valence-corrected chi connectivity index (χ2v) is 6.36. The highest BCUT2D eigenvalue weighted by Gasteiger charge is 2.22. The van der Waals surface area contributed by atoms with Crippen LogP contribution in [0.2, 0.25) is 0 Å². The molecule has 0 bridgehead atoms. The van der Waals surface area contributed by atoms with Crippen LogP contribution < -0.4 is 10.1 Å². The average Bonchev–Trinajstić information content (AvgIpc) is 2.93. The quantitative estimate of drug-likeness (QED) is 0.824. The van der Waals surface area contributed by atoms with E-state index >= 15 is 0 Å². The lowest BCUT2D eigenvalue weighted by molar-refractivity contribution is -0.128. The van der Waals surface area contributed by atoms with Gasteiger partial charge < -0.3 is 10.1 Å². The Morgan fingerprint density at radius 3 is 2.62 bits per heavy atom. The zero-order chi connectivity index (χ0) is 15.4. The minimum absolute atomic E-state index is 0.0882. The molecule has 1 N–H and O–H groups in total. The topological polar surface area (TPSA) is 55.4 Å². The molecule has 0 saturated heterocycles. The fraction of sp³-hybridized carbons (Fsp3) is 0.500. The summed E-state index contributed by atoms with van der Waals surface area (Å²) in [6, 6.07) is 5.48. The largest absolute Gasteiger partial charge is 0.480 e. The fourth-order valence-corrected chi connectivity index (χ4v) is 2.87. The van der Waals surface area contributed by atoms with Gasteiger partial charge in [0.15, 0.2) is 11.9 Å². The van der Waals surface area contributed by atoms with Crippen molar-refractivity contribution in [2.24, 2.45) is 0 Å². The van der Waals surface area contributed by atoms with Crippen molar-refractivity contribution in [3.8, 4) is 5.75 Å². The van der Waals surface area contributed by atoms with Crippen molar-refractivity contribution in [1.82, 2.24) is 5.32 Å². The van der Waals surface area contributed by atoms with E-state index in [2.05, 4.69) is 21.2 Å². The molecule has 0 aromatic heterocycles. The third-order valence-corrected chi connectivity index (χ3v) is 4.19. The first-order chi connectivity index (χ1) is 9.97. The van der Waals surface area contributed by atoms with E-state index in [1.807, 2.05) is 0 Å². The summed E-state index contributed by atoms with van der Waals surface area (Å²) < 4.78 is 6.49. The molecule has 21 heavy (non-hydrogen) atoms. The molecule has 0 radical (unpaired) electrons. The first-order valence-corrected chi connectivity index (χ1v) is 8.04. The number of ether oxygens (including phenoxy) is 1. The number of benzene rings is 1. The van der Waals surface area contributed by atoms with Gasteiger partial charge in [-0.2, -0.15) is 0 Å². The van der Waals surface area contributed by atoms with Crippen molar-refractivity contribution in [1.29, 1.82) is 0 Å². The van der Waals surface area contributed by atoms with Gasteiger partial charge in [0, 0.05) is 10.5 Å². The highest BCUT2D eigenvalue weighted by molar-refractivity contribution is 9.10. The number of nitrogens with one attached hydrogen (secondary N) is 1. The predicted octanol–water partition coefficient (Wildman–Crippen LogP) is 3.48. The number of Topliss-reactive ketones (excluding diaryl/α,β-unsaturated/α-hetero) is 1.